The Labute approximate surface area is 172 Å². The van der Waals surface area contributed by atoms with E-state index in [0.29, 0.717) is 33.9 Å². The van der Waals surface area contributed by atoms with Crippen molar-refractivity contribution in [3.63, 3.8) is 0 Å². The van der Waals surface area contributed by atoms with E-state index >= 15 is 0 Å². The molecule has 0 bridgehead atoms. The van der Waals surface area contributed by atoms with Gasteiger partial charge in [0.2, 0.25) is 11.7 Å². The van der Waals surface area contributed by atoms with Crippen LogP contribution in [0.5, 0.6) is 17.2 Å². The fraction of sp³-hybridized carbons (Fsp3) is 0.444. The van der Waals surface area contributed by atoms with E-state index in [1.807, 2.05) is 4.57 Å². The Morgan fingerprint density at radius 2 is 1.83 bits per heavy atom. The Bertz CT molecular complexity index is 941. The average Bonchev–Trinajstić information content (AvgIpc) is 3.50. The molecule has 3 N–H and O–H groups in total. The topological polar surface area (TPSA) is 120 Å². The molecule has 0 radical (unpaired) electrons. The minimum Gasteiger partial charge on any atom is -0.493 e. The van der Waals surface area contributed by atoms with Crippen LogP contribution in [0.25, 0.3) is 0 Å². The molecule has 1 aliphatic carbocycles. The molecule has 11 heteroatoms. The molecule has 29 heavy (non-hydrogen) atoms. The number of ether oxygens (including phenoxy) is 3. The molecule has 10 nitrogen and oxygen atoms in total. The molecule has 1 aromatic carbocycles. The molecule has 1 fully saturated rings. The van der Waals surface area contributed by atoms with Crippen LogP contribution in [0.3, 0.4) is 0 Å². The number of benzene rings is 1. The van der Waals surface area contributed by atoms with Crippen LogP contribution in [0.4, 0.5) is 0 Å². The molecule has 1 aromatic heterocycles. The predicted molar refractivity (Wildman–Crippen MR) is 106 cm³/mol. The summed E-state index contributed by atoms with van der Waals surface area (Å²) in [5, 5.41) is 12.2. The molecule has 2 aromatic rings. The fourth-order valence-electron chi connectivity index (χ4n) is 2.89. The Balaban J connectivity index is 1.58. The lowest BCUT2D eigenvalue weighted by Crippen LogP contribution is -2.37. The van der Waals surface area contributed by atoms with E-state index in [4.69, 9.17) is 26.4 Å². The summed E-state index contributed by atoms with van der Waals surface area (Å²) in [5.74, 6) is 0.964. The quantitative estimate of drug-likeness (QED) is 0.523. The number of H-pyrrole nitrogens is 1. The van der Waals surface area contributed by atoms with Crippen LogP contribution in [0, 0.1) is 4.77 Å². The van der Waals surface area contributed by atoms with Crippen molar-refractivity contribution >= 4 is 24.0 Å². The number of hydrogen-bond acceptors (Lipinski definition) is 7. The standard InChI is InChI=1S/C18H23N5O5S/c1-26-12-6-10(7-13(27-2)16(12)28-3)17(25)20-9-15(24)19-8-14-21-22-18(29)23(14)11-4-5-11/h6-7,11H,4-5,8-9H2,1-3H3,(H,19,24)(H,20,25)(H,22,29). The van der Waals surface area contributed by atoms with Gasteiger partial charge in [0.15, 0.2) is 22.1 Å². The van der Waals surface area contributed by atoms with Gasteiger partial charge >= 0.3 is 0 Å². The summed E-state index contributed by atoms with van der Waals surface area (Å²) in [6, 6.07) is 3.39. The minimum atomic E-state index is -0.444. The van der Waals surface area contributed by atoms with Crippen LogP contribution >= 0.6 is 12.2 Å². The molecule has 0 spiro atoms. The van der Waals surface area contributed by atoms with Gasteiger partial charge in [-0.05, 0) is 37.2 Å². The smallest absolute Gasteiger partial charge is 0.251 e. The van der Waals surface area contributed by atoms with E-state index in [1.165, 1.54) is 33.5 Å². The second-order valence-electron chi connectivity index (χ2n) is 6.42. The van der Waals surface area contributed by atoms with Crippen molar-refractivity contribution in [2.45, 2.75) is 25.4 Å². The maximum Gasteiger partial charge on any atom is 0.251 e. The molecule has 3 rings (SSSR count). The average molecular weight is 421 g/mol. The molecular weight excluding hydrogens is 398 g/mol. The summed E-state index contributed by atoms with van der Waals surface area (Å²) in [7, 11) is 4.40. The normalized spacial score (nSPS) is 12.9. The summed E-state index contributed by atoms with van der Waals surface area (Å²) < 4.78 is 18.2. The van der Waals surface area contributed by atoms with Crippen molar-refractivity contribution in [1.29, 1.82) is 0 Å². The van der Waals surface area contributed by atoms with Gasteiger partial charge in [-0.15, -0.1) is 0 Å². The molecule has 156 valence electrons. The van der Waals surface area contributed by atoms with Crippen molar-refractivity contribution < 1.29 is 23.8 Å². The molecule has 0 atom stereocenters. The highest BCUT2D eigenvalue weighted by molar-refractivity contribution is 7.71. The van der Waals surface area contributed by atoms with Crippen molar-refractivity contribution in [3.8, 4) is 17.2 Å². The van der Waals surface area contributed by atoms with Gasteiger partial charge in [-0.3, -0.25) is 19.3 Å². The number of rotatable bonds is 9. The van der Waals surface area contributed by atoms with Gasteiger partial charge < -0.3 is 24.8 Å². The first-order valence-corrected chi connectivity index (χ1v) is 9.40. The number of aromatic amines is 1. The molecule has 0 unspecified atom stereocenters. The Hall–Kier alpha value is -3.08. The molecule has 2 amide bonds. The van der Waals surface area contributed by atoms with Crippen LogP contribution in [-0.2, 0) is 11.3 Å². The zero-order valence-corrected chi connectivity index (χ0v) is 17.2. The van der Waals surface area contributed by atoms with Crippen LogP contribution in [0.2, 0.25) is 0 Å². The largest absolute Gasteiger partial charge is 0.493 e. The van der Waals surface area contributed by atoms with Crippen molar-refractivity contribution in [2.24, 2.45) is 0 Å². The Morgan fingerprint density at radius 3 is 2.38 bits per heavy atom. The fourth-order valence-corrected chi connectivity index (χ4v) is 3.19. The number of aromatic nitrogens is 3. The zero-order valence-electron chi connectivity index (χ0n) is 16.4. The lowest BCUT2D eigenvalue weighted by atomic mass is 10.1. The van der Waals surface area contributed by atoms with Crippen molar-refractivity contribution in [1.82, 2.24) is 25.4 Å². The van der Waals surface area contributed by atoms with Crippen LogP contribution in [0.1, 0.15) is 35.1 Å². The second kappa shape index (κ2) is 8.95. The van der Waals surface area contributed by atoms with Crippen molar-refractivity contribution in [2.75, 3.05) is 27.9 Å². The first-order chi connectivity index (χ1) is 14.0. The van der Waals surface area contributed by atoms with Gasteiger partial charge in [-0.25, -0.2) is 0 Å². The maximum absolute atomic E-state index is 12.4. The number of hydrogen-bond donors (Lipinski definition) is 3. The number of amides is 2. The van der Waals surface area contributed by atoms with E-state index < -0.39 is 5.91 Å². The predicted octanol–water partition coefficient (Wildman–Crippen LogP) is 1.35. The molecule has 1 heterocycles. The van der Waals surface area contributed by atoms with Gasteiger partial charge in [0, 0.05) is 11.6 Å². The summed E-state index contributed by atoms with van der Waals surface area (Å²) in [4.78, 5) is 24.6. The molecule has 0 saturated heterocycles. The first-order valence-electron chi connectivity index (χ1n) is 8.99. The van der Waals surface area contributed by atoms with Gasteiger partial charge in [0.25, 0.3) is 5.91 Å². The zero-order chi connectivity index (χ0) is 21.0. The Morgan fingerprint density at radius 1 is 1.17 bits per heavy atom. The molecule has 1 aliphatic rings. The van der Waals surface area contributed by atoms with Gasteiger partial charge in [0.1, 0.15) is 0 Å². The molecule has 0 aliphatic heterocycles. The summed E-state index contributed by atoms with van der Waals surface area (Å²) in [6.07, 6.45) is 2.11. The van der Waals surface area contributed by atoms with Crippen molar-refractivity contribution in [3.05, 3.63) is 28.3 Å². The lowest BCUT2D eigenvalue weighted by Gasteiger charge is -2.14. The molecular formula is C18H23N5O5S. The summed E-state index contributed by atoms with van der Waals surface area (Å²) >= 11 is 5.21. The maximum atomic E-state index is 12.4. The van der Waals surface area contributed by atoms with Crippen LogP contribution < -0.4 is 24.8 Å². The number of carbonyl (C=O) groups is 2. The highest BCUT2D eigenvalue weighted by Crippen LogP contribution is 2.38. The number of nitrogens with zero attached hydrogens (tertiary/aromatic N) is 2. The van der Waals surface area contributed by atoms with E-state index in [2.05, 4.69) is 20.8 Å². The summed E-state index contributed by atoms with van der Waals surface area (Å²) in [5.41, 5.74) is 0.280. The number of nitrogens with one attached hydrogen (secondary N) is 3. The number of methoxy groups -OCH3 is 3. The second-order valence-corrected chi connectivity index (χ2v) is 6.81. The van der Waals surface area contributed by atoms with E-state index in [1.54, 1.807) is 0 Å². The highest BCUT2D eigenvalue weighted by Gasteiger charge is 2.27. The third kappa shape index (κ3) is 4.67. The lowest BCUT2D eigenvalue weighted by molar-refractivity contribution is -0.120. The van der Waals surface area contributed by atoms with Gasteiger partial charge in [-0.2, -0.15) is 5.10 Å². The number of carbonyl (C=O) groups excluding carboxylic acids is 2. The van der Waals surface area contributed by atoms with Gasteiger partial charge in [0.05, 0.1) is 34.4 Å². The third-order valence-electron chi connectivity index (χ3n) is 4.47. The summed E-state index contributed by atoms with van der Waals surface area (Å²) in [6.45, 7) is 0.0343. The SMILES string of the molecule is COc1cc(C(=O)NCC(=O)NCc2n[nH]c(=S)n2C2CC2)cc(OC)c1OC. The Kier molecular flexibility index (Phi) is 6.37. The van der Waals surface area contributed by atoms with E-state index in [0.717, 1.165) is 12.8 Å². The first kappa shape index (κ1) is 20.6. The van der Waals surface area contributed by atoms with E-state index in [-0.39, 0.29) is 24.6 Å². The molecule has 1 saturated carbocycles. The highest BCUT2D eigenvalue weighted by atomic mass is 32.1. The third-order valence-corrected chi connectivity index (χ3v) is 4.76. The van der Waals surface area contributed by atoms with E-state index in [9.17, 15) is 9.59 Å². The van der Waals surface area contributed by atoms with Crippen LogP contribution in [0.15, 0.2) is 12.1 Å². The monoisotopic (exact) mass is 421 g/mol. The minimum absolute atomic E-state index is 0.190. The van der Waals surface area contributed by atoms with Gasteiger partial charge in [-0.1, -0.05) is 0 Å². The van der Waals surface area contributed by atoms with Crippen LogP contribution in [-0.4, -0.2) is 54.5 Å².